The van der Waals surface area contributed by atoms with Crippen LogP contribution in [0.15, 0.2) is 85.6 Å². The van der Waals surface area contributed by atoms with Gasteiger partial charge in [-0.3, -0.25) is 9.31 Å². The lowest BCUT2D eigenvalue weighted by molar-refractivity contribution is -0.128. The fraction of sp³-hybridized carbons (Fsp3) is 0.111. The Balaban J connectivity index is 2.04. The van der Waals surface area contributed by atoms with Gasteiger partial charge in [-0.2, -0.15) is 5.10 Å². The average Bonchev–Trinajstić information content (AvgIpc) is 3.31. The molecule has 4 aromatic rings. The third kappa shape index (κ3) is 4.90. The first-order valence-corrected chi connectivity index (χ1v) is 12.0. The van der Waals surface area contributed by atoms with E-state index in [4.69, 9.17) is 4.74 Å². The molecule has 4 rings (SSSR count). The molecule has 0 saturated heterocycles. The second-order valence-corrected chi connectivity index (χ2v) is 8.50. The maximum absolute atomic E-state index is 12.1. The number of benzene rings is 3. The Labute approximate surface area is 200 Å². The van der Waals surface area contributed by atoms with Crippen LogP contribution in [0.1, 0.15) is 35.6 Å². The molecule has 0 bridgehead atoms. The summed E-state index contributed by atoms with van der Waals surface area (Å²) in [7, 11) is 0. The minimum Gasteiger partial charge on any atom is -0.772 e. The van der Waals surface area contributed by atoms with Crippen LogP contribution in [0.25, 0.3) is 22.0 Å². The van der Waals surface area contributed by atoms with Gasteiger partial charge in [0.15, 0.2) is 0 Å². The fourth-order valence-corrected chi connectivity index (χ4v) is 4.58. The van der Waals surface area contributed by atoms with Crippen LogP contribution in [-0.4, -0.2) is 24.9 Å². The quantitative estimate of drug-likeness (QED) is 0.122. The van der Waals surface area contributed by atoms with Crippen molar-refractivity contribution in [2.24, 2.45) is 0 Å². The zero-order chi connectivity index (χ0) is 24.1. The second kappa shape index (κ2) is 10.4. The van der Waals surface area contributed by atoms with Gasteiger partial charge in [0.1, 0.15) is 5.75 Å². The first kappa shape index (κ1) is 23.4. The summed E-state index contributed by atoms with van der Waals surface area (Å²) < 4.78 is 28.7. The number of nitrogens with one attached hydrogen (secondary N) is 1. The number of esters is 1. The van der Waals surface area contributed by atoms with E-state index in [0.717, 1.165) is 44.8 Å². The third-order valence-corrected chi connectivity index (χ3v) is 6.08. The molecule has 34 heavy (non-hydrogen) atoms. The largest absolute Gasteiger partial charge is 0.772 e. The molecule has 1 N–H and O–H groups in total. The van der Waals surface area contributed by atoms with Crippen LogP contribution in [0.5, 0.6) is 5.75 Å². The van der Waals surface area contributed by atoms with Gasteiger partial charge in [0.05, 0.1) is 11.7 Å². The van der Waals surface area contributed by atoms with Crippen molar-refractivity contribution in [2.75, 3.05) is 0 Å². The smallest absolute Gasteiger partial charge is 0.335 e. The van der Waals surface area contributed by atoms with Crippen LogP contribution in [-0.2, 0) is 21.6 Å². The van der Waals surface area contributed by atoms with E-state index in [1.807, 2.05) is 61.5 Å². The average molecular weight is 472 g/mol. The molecule has 0 aliphatic rings. The van der Waals surface area contributed by atoms with Gasteiger partial charge in [0.25, 0.3) is 0 Å². The molecular formula is C27H23N2O4S-. The van der Waals surface area contributed by atoms with E-state index >= 15 is 0 Å². The van der Waals surface area contributed by atoms with Gasteiger partial charge < -0.3 is 9.29 Å². The lowest BCUT2D eigenvalue weighted by Crippen LogP contribution is -2.07. The molecule has 0 saturated carbocycles. The Morgan fingerprint density at radius 3 is 2.59 bits per heavy atom. The SMILES string of the molecule is C=CC(=O)Oc1ccccc1/C(=C(\CC)c1ccccc1CS(=O)[O-])c1ccc2[nH]ncc2c1. The topological polar surface area (TPSA) is 95.1 Å². The van der Waals surface area contributed by atoms with Crippen molar-refractivity contribution in [3.63, 3.8) is 0 Å². The number of hydrogen-bond donors (Lipinski definition) is 1. The minimum atomic E-state index is -2.24. The molecule has 1 aromatic heterocycles. The molecule has 0 fully saturated rings. The molecule has 1 atom stereocenters. The summed E-state index contributed by atoms with van der Waals surface area (Å²) in [5.74, 6) is -0.260. The first-order valence-electron chi connectivity index (χ1n) is 10.8. The van der Waals surface area contributed by atoms with E-state index in [2.05, 4.69) is 16.8 Å². The summed E-state index contributed by atoms with van der Waals surface area (Å²) in [6.45, 7) is 5.52. The van der Waals surface area contributed by atoms with Crippen LogP contribution in [0.2, 0.25) is 0 Å². The van der Waals surface area contributed by atoms with Gasteiger partial charge in [-0.05, 0) is 52.5 Å². The summed E-state index contributed by atoms with van der Waals surface area (Å²) in [5, 5.41) is 8.01. The summed E-state index contributed by atoms with van der Waals surface area (Å²) in [4.78, 5) is 12.1. The van der Waals surface area contributed by atoms with Gasteiger partial charge in [-0.1, -0.05) is 73.1 Å². The van der Waals surface area contributed by atoms with E-state index in [-0.39, 0.29) is 5.75 Å². The predicted octanol–water partition coefficient (Wildman–Crippen LogP) is 5.40. The van der Waals surface area contributed by atoms with Gasteiger partial charge in [0, 0.05) is 22.8 Å². The zero-order valence-electron chi connectivity index (χ0n) is 18.6. The number of rotatable bonds is 8. The molecule has 1 heterocycles. The maximum atomic E-state index is 12.1. The van der Waals surface area contributed by atoms with Crippen LogP contribution in [0.4, 0.5) is 0 Å². The normalized spacial score (nSPS) is 12.8. The molecular weight excluding hydrogens is 448 g/mol. The number of H-pyrrole nitrogens is 1. The molecule has 0 radical (unpaired) electrons. The number of aromatic nitrogens is 2. The summed E-state index contributed by atoms with van der Waals surface area (Å²) in [5.41, 5.74) is 5.83. The van der Waals surface area contributed by atoms with Crippen molar-refractivity contribution >= 4 is 39.1 Å². The van der Waals surface area contributed by atoms with Crippen molar-refractivity contribution in [1.29, 1.82) is 0 Å². The first-order chi connectivity index (χ1) is 16.5. The molecule has 172 valence electrons. The lowest BCUT2D eigenvalue weighted by Gasteiger charge is -2.21. The standard InChI is InChI=1S/C27H24N2O4S/c1-3-21(22-10-6-5-9-19(22)17-34(31)32)27(18-13-14-24-20(15-18)16-28-29-24)23-11-7-8-12-25(23)33-26(30)4-2/h4-16H,2-3,17H2,1H3,(H,28,29)(H,31,32)/p-1/b27-21+. The molecule has 0 amide bonds. The number of fused-ring (bicyclic) bond motifs is 1. The Hall–Kier alpha value is -3.81. The van der Waals surface area contributed by atoms with E-state index < -0.39 is 17.0 Å². The highest BCUT2D eigenvalue weighted by Crippen LogP contribution is 2.40. The summed E-state index contributed by atoms with van der Waals surface area (Å²) in [6.07, 6.45) is 3.49. The summed E-state index contributed by atoms with van der Waals surface area (Å²) >= 11 is -2.24. The van der Waals surface area contributed by atoms with Crippen molar-refractivity contribution in [1.82, 2.24) is 10.2 Å². The number of hydrogen-bond acceptors (Lipinski definition) is 5. The van der Waals surface area contributed by atoms with Gasteiger partial charge >= 0.3 is 5.97 Å². The third-order valence-electron chi connectivity index (χ3n) is 5.53. The maximum Gasteiger partial charge on any atom is 0.335 e. The van der Waals surface area contributed by atoms with Crippen molar-refractivity contribution in [3.05, 3.63) is 108 Å². The highest BCUT2D eigenvalue weighted by atomic mass is 32.2. The molecule has 3 aromatic carbocycles. The van der Waals surface area contributed by atoms with Crippen molar-refractivity contribution < 1.29 is 18.3 Å². The predicted molar refractivity (Wildman–Crippen MR) is 134 cm³/mol. The van der Waals surface area contributed by atoms with Gasteiger partial charge in [-0.25, -0.2) is 4.79 Å². The number of carbonyl (C=O) groups is 1. The molecule has 6 nitrogen and oxygen atoms in total. The number of allylic oxidation sites excluding steroid dienone is 1. The van der Waals surface area contributed by atoms with Crippen molar-refractivity contribution in [3.8, 4) is 5.75 Å². The minimum absolute atomic E-state index is 0.0964. The zero-order valence-corrected chi connectivity index (χ0v) is 19.4. The lowest BCUT2D eigenvalue weighted by atomic mass is 9.86. The Kier molecular flexibility index (Phi) is 7.15. The van der Waals surface area contributed by atoms with E-state index in [1.54, 1.807) is 18.3 Å². The van der Waals surface area contributed by atoms with E-state index in [0.29, 0.717) is 17.7 Å². The van der Waals surface area contributed by atoms with Gasteiger partial charge in [-0.15, -0.1) is 0 Å². The van der Waals surface area contributed by atoms with Gasteiger partial charge in [0.2, 0.25) is 0 Å². The number of nitrogens with zero attached hydrogens (tertiary/aromatic N) is 1. The highest BCUT2D eigenvalue weighted by molar-refractivity contribution is 7.78. The number of carbonyl (C=O) groups excluding carboxylic acids is 1. The fourth-order valence-electron chi connectivity index (χ4n) is 4.07. The highest BCUT2D eigenvalue weighted by Gasteiger charge is 2.20. The second-order valence-electron chi connectivity index (χ2n) is 7.61. The van der Waals surface area contributed by atoms with Crippen LogP contribution in [0, 0.1) is 0 Å². The Morgan fingerprint density at radius 1 is 1.12 bits per heavy atom. The van der Waals surface area contributed by atoms with Crippen molar-refractivity contribution in [2.45, 2.75) is 19.1 Å². The van der Waals surface area contributed by atoms with E-state index in [9.17, 15) is 13.6 Å². The monoisotopic (exact) mass is 471 g/mol. The van der Waals surface area contributed by atoms with Crippen LogP contribution < -0.4 is 4.74 Å². The molecule has 1 unspecified atom stereocenters. The van der Waals surface area contributed by atoms with E-state index in [1.165, 1.54) is 0 Å². The molecule has 7 heteroatoms. The summed E-state index contributed by atoms with van der Waals surface area (Å²) in [6, 6.07) is 20.7. The molecule has 0 spiro atoms. The number of para-hydroxylation sites is 1. The molecule has 0 aliphatic carbocycles. The Morgan fingerprint density at radius 2 is 1.85 bits per heavy atom. The Bertz CT molecular complexity index is 1420. The van der Waals surface area contributed by atoms with Crippen LogP contribution in [0.3, 0.4) is 0 Å². The molecule has 0 aliphatic heterocycles. The number of aromatic amines is 1. The number of ether oxygens (including phenoxy) is 1. The van der Waals surface area contributed by atoms with Crippen LogP contribution >= 0.6 is 0 Å².